The topological polar surface area (TPSA) is 88.2 Å². The van der Waals surface area contributed by atoms with Crippen LogP contribution in [-0.4, -0.2) is 30.8 Å². The fourth-order valence-electron chi connectivity index (χ4n) is 2.64. The molecule has 1 aromatic carbocycles. The third-order valence-electron chi connectivity index (χ3n) is 3.99. The van der Waals surface area contributed by atoms with Gasteiger partial charge in [0, 0.05) is 30.3 Å². The maximum absolute atomic E-state index is 12.0. The molecule has 0 bridgehead atoms. The average Bonchev–Trinajstić information content (AvgIpc) is 2.95. The van der Waals surface area contributed by atoms with Crippen molar-refractivity contribution in [2.24, 2.45) is 5.92 Å². The predicted octanol–water partition coefficient (Wildman–Crippen LogP) is 1.88. The van der Waals surface area contributed by atoms with Crippen LogP contribution in [0.4, 0.5) is 11.4 Å². The van der Waals surface area contributed by atoms with Crippen molar-refractivity contribution in [3.05, 3.63) is 54.4 Å². The van der Waals surface area contributed by atoms with E-state index in [0.717, 1.165) is 16.9 Å². The SMILES string of the molecule is O=C(NCc1ccc(Nc2ccncc2)cc1)[C@H]1CCS(=O)(=O)C1. The van der Waals surface area contributed by atoms with Gasteiger partial charge in [-0.05, 0) is 36.2 Å². The Kier molecular flexibility index (Phi) is 4.80. The van der Waals surface area contributed by atoms with E-state index in [1.54, 1.807) is 12.4 Å². The third-order valence-corrected chi connectivity index (χ3v) is 5.76. The first-order chi connectivity index (χ1) is 11.5. The Morgan fingerprint density at radius 1 is 1.08 bits per heavy atom. The molecule has 0 aliphatic carbocycles. The molecule has 0 radical (unpaired) electrons. The third kappa shape index (κ3) is 4.32. The lowest BCUT2D eigenvalue weighted by molar-refractivity contribution is -0.124. The highest BCUT2D eigenvalue weighted by Crippen LogP contribution is 2.19. The first-order valence-corrected chi connectivity index (χ1v) is 9.58. The fraction of sp³-hybridized carbons (Fsp3) is 0.294. The molecule has 1 amide bonds. The van der Waals surface area contributed by atoms with Gasteiger partial charge in [0.15, 0.2) is 9.84 Å². The van der Waals surface area contributed by atoms with E-state index in [2.05, 4.69) is 15.6 Å². The molecule has 1 aromatic heterocycles. The second-order valence-corrected chi connectivity index (χ2v) is 8.10. The van der Waals surface area contributed by atoms with Gasteiger partial charge in [-0.2, -0.15) is 0 Å². The standard InChI is InChI=1S/C17H19N3O3S/c21-17(14-7-10-24(22,23)12-14)19-11-13-1-3-15(4-2-13)20-16-5-8-18-9-6-16/h1-6,8-9,14H,7,10-12H2,(H,18,20)(H,19,21)/t14-/m0/s1. The van der Waals surface area contributed by atoms with Crippen molar-refractivity contribution in [1.82, 2.24) is 10.3 Å². The number of nitrogens with one attached hydrogen (secondary N) is 2. The first-order valence-electron chi connectivity index (χ1n) is 7.76. The maximum atomic E-state index is 12.0. The molecule has 0 saturated carbocycles. The summed E-state index contributed by atoms with van der Waals surface area (Å²) >= 11 is 0. The number of benzene rings is 1. The van der Waals surface area contributed by atoms with Crippen molar-refractivity contribution < 1.29 is 13.2 Å². The van der Waals surface area contributed by atoms with Gasteiger partial charge in [-0.25, -0.2) is 8.42 Å². The number of amides is 1. The van der Waals surface area contributed by atoms with Crippen molar-refractivity contribution in [2.75, 3.05) is 16.8 Å². The van der Waals surface area contributed by atoms with Gasteiger partial charge in [0.2, 0.25) is 5.91 Å². The number of carbonyl (C=O) groups is 1. The predicted molar refractivity (Wildman–Crippen MR) is 92.6 cm³/mol. The van der Waals surface area contributed by atoms with Gasteiger partial charge in [0.1, 0.15) is 0 Å². The van der Waals surface area contributed by atoms with E-state index in [-0.39, 0.29) is 17.4 Å². The second kappa shape index (κ2) is 7.00. The Labute approximate surface area is 141 Å². The Balaban J connectivity index is 1.52. The van der Waals surface area contributed by atoms with Crippen molar-refractivity contribution >= 4 is 27.1 Å². The normalized spacial score (nSPS) is 18.9. The minimum atomic E-state index is -3.03. The quantitative estimate of drug-likeness (QED) is 0.864. The smallest absolute Gasteiger partial charge is 0.224 e. The van der Waals surface area contributed by atoms with Crippen LogP contribution in [0.1, 0.15) is 12.0 Å². The Hall–Kier alpha value is -2.41. The Bertz CT molecular complexity index is 805. The zero-order chi connectivity index (χ0) is 17.0. The van der Waals surface area contributed by atoms with Crippen molar-refractivity contribution in [1.29, 1.82) is 0 Å². The minimum Gasteiger partial charge on any atom is -0.355 e. The highest BCUT2D eigenvalue weighted by Gasteiger charge is 2.32. The lowest BCUT2D eigenvalue weighted by atomic mass is 10.1. The van der Waals surface area contributed by atoms with Crippen LogP contribution >= 0.6 is 0 Å². The van der Waals surface area contributed by atoms with Gasteiger partial charge in [-0.3, -0.25) is 9.78 Å². The highest BCUT2D eigenvalue weighted by molar-refractivity contribution is 7.91. The monoisotopic (exact) mass is 345 g/mol. The molecule has 2 N–H and O–H groups in total. The van der Waals surface area contributed by atoms with Crippen molar-refractivity contribution in [2.45, 2.75) is 13.0 Å². The van der Waals surface area contributed by atoms with Crippen LogP contribution in [0.25, 0.3) is 0 Å². The molecule has 24 heavy (non-hydrogen) atoms. The summed E-state index contributed by atoms with van der Waals surface area (Å²) in [6.07, 6.45) is 3.86. The van der Waals surface area contributed by atoms with E-state index >= 15 is 0 Å². The summed E-state index contributed by atoms with van der Waals surface area (Å²) in [5, 5.41) is 6.07. The molecule has 1 saturated heterocycles. The molecule has 3 rings (SSSR count). The molecule has 126 valence electrons. The Morgan fingerprint density at radius 3 is 2.38 bits per heavy atom. The highest BCUT2D eigenvalue weighted by atomic mass is 32.2. The van der Waals surface area contributed by atoms with Gasteiger partial charge in [-0.1, -0.05) is 12.1 Å². The Morgan fingerprint density at radius 2 is 1.75 bits per heavy atom. The summed E-state index contributed by atoms with van der Waals surface area (Å²) in [4.78, 5) is 16.0. The van der Waals surface area contributed by atoms with E-state index in [1.165, 1.54) is 0 Å². The minimum absolute atomic E-state index is 0.0341. The van der Waals surface area contributed by atoms with Gasteiger partial charge in [-0.15, -0.1) is 0 Å². The maximum Gasteiger partial charge on any atom is 0.224 e. The number of hydrogen-bond donors (Lipinski definition) is 2. The van der Waals surface area contributed by atoms with Crippen molar-refractivity contribution in [3.8, 4) is 0 Å². The van der Waals surface area contributed by atoms with Gasteiger partial charge < -0.3 is 10.6 Å². The number of anilines is 2. The molecule has 1 aliphatic heterocycles. The van der Waals surface area contributed by atoms with Gasteiger partial charge in [0.25, 0.3) is 0 Å². The largest absolute Gasteiger partial charge is 0.355 e. The van der Waals surface area contributed by atoms with E-state index in [9.17, 15) is 13.2 Å². The van der Waals surface area contributed by atoms with E-state index in [4.69, 9.17) is 0 Å². The average molecular weight is 345 g/mol. The molecule has 0 unspecified atom stereocenters. The van der Waals surface area contributed by atoms with Crippen LogP contribution in [0.3, 0.4) is 0 Å². The number of nitrogens with zero attached hydrogens (tertiary/aromatic N) is 1. The zero-order valence-corrected chi connectivity index (χ0v) is 13.9. The van der Waals surface area contributed by atoms with Crippen LogP contribution in [0, 0.1) is 5.92 Å². The molecule has 2 heterocycles. The molecular formula is C17H19N3O3S. The van der Waals surface area contributed by atoms with E-state index < -0.39 is 15.8 Å². The van der Waals surface area contributed by atoms with Crippen LogP contribution in [0.15, 0.2) is 48.8 Å². The van der Waals surface area contributed by atoms with E-state index in [0.29, 0.717) is 13.0 Å². The number of aromatic nitrogens is 1. The molecule has 7 heteroatoms. The molecule has 1 fully saturated rings. The van der Waals surface area contributed by atoms with Gasteiger partial charge in [0.05, 0.1) is 17.4 Å². The fourth-order valence-corrected chi connectivity index (χ4v) is 4.38. The lowest BCUT2D eigenvalue weighted by Gasteiger charge is -2.10. The summed E-state index contributed by atoms with van der Waals surface area (Å²) in [5.41, 5.74) is 2.86. The summed E-state index contributed by atoms with van der Waals surface area (Å²) in [5.74, 6) is -0.522. The van der Waals surface area contributed by atoms with E-state index in [1.807, 2.05) is 36.4 Å². The molecule has 0 spiro atoms. The summed E-state index contributed by atoms with van der Waals surface area (Å²) < 4.78 is 22.8. The van der Waals surface area contributed by atoms with Crippen LogP contribution in [0.2, 0.25) is 0 Å². The molecule has 2 aromatic rings. The molecular weight excluding hydrogens is 326 g/mol. The zero-order valence-electron chi connectivity index (χ0n) is 13.1. The summed E-state index contributed by atoms with van der Waals surface area (Å²) in [7, 11) is -3.03. The number of carbonyl (C=O) groups excluding carboxylic acids is 1. The van der Waals surface area contributed by atoms with Crippen LogP contribution in [0.5, 0.6) is 0 Å². The summed E-state index contributed by atoms with van der Waals surface area (Å²) in [6.45, 7) is 0.394. The lowest BCUT2D eigenvalue weighted by Crippen LogP contribution is -2.30. The number of rotatable bonds is 5. The number of sulfone groups is 1. The second-order valence-electron chi connectivity index (χ2n) is 5.88. The van der Waals surface area contributed by atoms with Crippen molar-refractivity contribution in [3.63, 3.8) is 0 Å². The first kappa shape index (κ1) is 16.4. The molecule has 1 atom stereocenters. The molecule has 1 aliphatic rings. The van der Waals surface area contributed by atoms with Crippen LogP contribution in [-0.2, 0) is 21.2 Å². The molecule has 6 nitrogen and oxygen atoms in total. The number of hydrogen-bond acceptors (Lipinski definition) is 5. The van der Waals surface area contributed by atoms with Crippen LogP contribution < -0.4 is 10.6 Å². The summed E-state index contributed by atoms with van der Waals surface area (Å²) in [6, 6.07) is 11.5. The number of pyridine rings is 1. The van der Waals surface area contributed by atoms with Gasteiger partial charge >= 0.3 is 0 Å².